The number of carbonyl (C=O) groups is 1. The standard InChI is InChI=1S/C13H18ClN3O/c1-9-10(3-4-11(14)16-9)17-12(18)7-13(8-15)5-2-6-13/h3-4H,2,5-8,15H2,1H3,(H,17,18). The van der Waals surface area contributed by atoms with Crippen LogP contribution in [0.3, 0.4) is 0 Å². The maximum atomic E-state index is 12.0. The van der Waals surface area contributed by atoms with E-state index in [0.717, 1.165) is 24.2 Å². The summed E-state index contributed by atoms with van der Waals surface area (Å²) in [5, 5.41) is 3.31. The van der Waals surface area contributed by atoms with Crippen molar-refractivity contribution in [2.75, 3.05) is 11.9 Å². The molecule has 1 amide bonds. The van der Waals surface area contributed by atoms with Gasteiger partial charge in [-0.05, 0) is 43.9 Å². The van der Waals surface area contributed by atoms with Gasteiger partial charge in [0.2, 0.25) is 5.91 Å². The Kier molecular flexibility index (Phi) is 3.88. The van der Waals surface area contributed by atoms with Crippen LogP contribution in [0.1, 0.15) is 31.4 Å². The van der Waals surface area contributed by atoms with Gasteiger partial charge in [0.15, 0.2) is 0 Å². The van der Waals surface area contributed by atoms with Crippen LogP contribution >= 0.6 is 11.6 Å². The quantitative estimate of drug-likeness (QED) is 0.824. The zero-order valence-corrected chi connectivity index (χ0v) is 11.3. The van der Waals surface area contributed by atoms with Gasteiger partial charge in [-0.1, -0.05) is 18.0 Å². The first-order chi connectivity index (χ1) is 8.54. The van der Waals surface area contributed by atoms with E-state index in [1.54, 1.807) is 12.1 Å². The fourth-order valence-corrected chi connectivity index (χ4v) is 2.52. The van der Waals surface area contributed by atoms with Gasteiger partial charge in [-0.25, -0.2) is 4.98 Å². The fourth-order valence-electron chi connectivity index (χ4n) is 2.33. The number of nitrogens with one attached hydrogen (secondary N) is 1. The third-order valence-electron chi connectivity index (χ3n) is 3.71. The van der Waals surface area contributed by atoms with Gasteiger partial charge in [0.1, 0.15) is 5.15 Å². The summed E-state index contributed by atoms with van der Waals surface area (Å²) in [5.74, 6) is 0.00683. The maximum Gasteiger partial charge on any atom is 0.225 e. The molecule has 0 aromatic carbocycles. The summed E-state index contributed by atoms with van der Waals surface area (Å²) < 4.78 is 0. The highest BCUT2D eigenvalue weighted by Gasteiger charge is 2.37. The van der Waals surface area contributed by atoms with E-state index in [9.17, 15) is 4.79 Å². The Morgan fingerprint density at radius 1 is 1.56 bits per heavy atom. The lowest BCUT2D eigenvalue weighted by Gasteiger charge is -2.40. The number of pyridine rings is 1. The normalized spacial score (nSPS) is 17.1. The number of halogens is 1. The van der Waals surface area contributed by atoms with E-state index in [1.165, 1.54) is 6.42 Å². The molecule has 1 fully saturated rings. The van der Waals surface area contributed by atoms with Crippen molar-refractivity contribution in [1.82, 2.24) is 4.98 Å². The highest BCUT2D eigenvalue weighted by atomic mass is 35.5. The topological polar surface area (TPSA) is 68.0 Å². The van der Waals surface area contributed by atoms with Crippen LogP contribution in [0, 0.1) is 12.3 Å². The monoisotopic (exact) mass is 267 g/mol. The van der Waals surface area contributed by atoms with Gasteiger partial charge < -0.3 is 11.1 Å². The number of amides is 1. The SMILES string of the molecule is Cc1nc(Cl)ccc1NC(=O)CC1(CN)CCC1. The van der Waals surface area contributed by atoms with Gasteiger partial charge in [0, 0.05) is 6.42 Å². The number of carbonyl (C=O) groups excluding carboxylic acids is 1. The first kappa shape index (κ1) is 13.3. The van der Waals surface area contributed by atoms with Crippen LogP contribution in [0.5, 0.6) is 0 Å². The fraction of sp³-hybridized carbons (Fsp3) is 0.538. The third kappa shape index (κ3) is 2.82. The number of rotatable bonds is 4. The molecule has 0 unspecified atom stereocenters. The summed E-state index contributed by atoms with van der Waals surface area (Å²) in [6.45, 7) is 2.40. The second-order valence-electron chi connectivity index (χ2n) is 5.05. The van der Waals surface area contributed by atoms with Crippen molar-refractivity contribution in [3.05, 3.63) is 23.0 Å². The van der Waals surface area contributed by atoms with Crippen LogP contribution < -0.4 is 11.1 Å². The van der Waals surface area contributed by atoms with Crippen LogP contribution in [-0.2, 0) is 4.79 Å². The molecule has 1 aliphatic carbocycles. The number of anilines is 1. The summed E-state index contributed by atoms with van der Waals surface area (Å²) in [6, 6.07) is 3.45. The predicted octanol–water partition coefficient (Wildman–Crippen LogP) is 2.50. The highest BCUT2D eigenvalue weighted by molar-refractivity contribution is 6.29. The lowest BCUT2D eigenvalue weighted by Crippen LogP contribution is -2.40. The Morgan fingerprint density at radius 3 is 2.78 bits per heavy atom. The van der Waals surface area contributed by atoms with Crippen LogP contribution in [0.2, 0.25) is 5.15 Å². The van der Waals surface area contributed by atoms with E-state index < -0.39 is 0 Å². The maximum absolute atomic E-state index is 12.0. The highest BCUT2D eigenvalue weighted by Crippen LogP contribution is 2.43. The van der Waals surface area contributed by atoms with Crippen molar-refractivity contribution in [1.29, 1.82) is 0 Å². The molecular formula is C13H18ClN3O. The Balaban J connectivity index is 1.98. The summed E-state index contributed by atoms with van der Waals surface area (Å²) in [7, 11) is 0. The van der Waals surface area contributed by atoms with Crippen molar-refractivity contribution in [2.24, 2.45) is 11.1 Å². The Morgan fingerprint density at radius 2 is 2.28 bits per heavy atom. The van der Waals surface area contributed by atoms with E-state index in [1.807, 2.05) is 6.92 Å². The molecule has 0 bridgehead atoms. The lowest BCUT2D eigenvalue weighted by atomic mass is 9.66. The number of aromatic nitrogens is 1. The zero-order chi connectivity index (χ0) is 13.2. The van der Waals surface area contributed by atoms with E-state index in [2.05, 4.69) is 10.3 Å². The Hall–Kier alpha value is -1.13. The summed E-state index contributed by atoms with van der Waals surface area (Å²) in [5.41, 5.74) is 7.22. The molecule has 0 saturated heterocycles. The number of aryl methyl sites for hydroxylation is 1. The predicted molar refractivity (Wildman–Crippen MR) is 72.6 cm³/mol. The Labute approximate surface area is 112 Å². The van der Waals surface area contributed by atoms with Gasteiger partial charge in [-0.2, -0.15) is 0 Å². The minimum atomic E-state index is 0.00683. The molecule has 0 radical (unpaired) electrons. The lowest BCUT2D eigenvalue weighted by molar-refractivity contribution is -0.119. The Bertz CT molecular complexity index is 452. The van der Waals surface area contributed by atoms with Crippen molar-refractivity contribution in [2.45, 2.75) is 32.6 Å². The molecule has 0 aliphatic heterocycles. The van der Waals surface area contributed by atoms with Gasteiger partial charge in [-0.15, -0.1) is 0 Å². The van der Waals surface area contributed by atoms with E-state index in [4.69, 9.17) is 17.3 Å². The summed E-state index contributed by atoms with van der Waals surface area (Å²) in [6.07, 6.45) is 3.76. The van der Waals surface area contributed by atoms with Crippen LogP contribution in [-0.4, -0.2) is 17.4 Å². The third-order valence-corrected chi connectivity index (χ3v) is 3.92. The minimum Gasteiger partial charge on any atom is -0.330 e. The molecule has 3 N–H and O–H groups in total. The number of hydrogen-bond donors (Lipinski definition) is 2. The van der Waals surface area contributed by atoms with Crippen molar-refractivity contribution < 1.29 is 4.79 Å². The molecule has 1 heterocycles. The second-order valence-corrected chi connectivity index (χ2v) is 5.44. The molecule has 1 aromatic rings. The molecule has 1 aromatic heterocycles. The molecule has 1 saturated carbocycles. The smallest absolute Gasteiger partial charge is 0.225 e. The van der Waals surface area contributed by atoms with Crippen LogP contribution in [0.15, 0.2) is 12.1 Å². The molecule has 1 aliphatic rings. The van der Waals surface area contributed by atoms with E-state index >= 15 is 0 Å². The van der Waals surface area contributed by atoms with Gasteiger partial charge >= 0.3 is 0 Å². The number of nitrogens with two attached hydrogens (primary N) is 1. The van der Waals surface area contributed by atoms with Gasteiger partial charge in [-0.3, -0.25) is 4.79 Å². The molecule has 98 valence electrons. The molecule has 18 heavy (non-hydrogen) atoms. The molecule has 4 nitrogen and oxygen atoms in total. The number of hydrogen-bond acceptors (Lipinski definition) is 3. The minimum absolute atomic E-state index is 0.00683. The van der Waals surface area contributed by atoms with Crippen LogP contribution in [0.4, 0.5) is 5.69 Å². The van der Waals surface area contributed by atoms with Gasteiger partial charge in [0.05, 0.1) is 11.4 Å². The number of nitrogens with zero attached hydrogens (tertiary/aromatic N) is 1. The van der Waals surface area contributed by atoms with Crippen molar-refractivity contribution >= 4 is 23.2 Å². The molecule has 0 spiro atoms. The average Bonchev–Trinajstić information content (AvgIpc) is 2.27. The molecule has 5 heteroatoms. The first-order valence-corrected chi connectivity index (χ1v) is 6.55. The molecular weight excluding hydrogens is 250 g/mol. The largest absolute Gasteiger partial charge is 0.330 e. The first-order valence-electron chi connectivity index (χ1n) is 6.18. The van der Waals surface area contributed by atoms with Crippen molar-refractivity contribution in [3.8, 4) is 0 Å². The van der Waals surface area contributed by atoms with Crippen molar-refractivity contribution in [3.63, 3.8) is 0 Å². The summed E-state index contributed by atoms with van der Waals surface area (Å²) in [4.78, 5) is 16.1. The summed E-state index contributed by atoms with van der Waals surface area (Å²) >= 11 is 5.77. The van der Waals surface area contributed by atoms with Crippen LogP contribution in [0.25, 0.3) is 0 Å². The average molecular weight is 268 g/mol. The van der Waals surface area contributed by atoms with E-state index in [-0.39, 0.29) is 11.3 Å². The molecule has 0 atom stereocenters. The molecule has 2 rings (SSSR count). The van der Waals surface area contributed by atoms with Gasteiger partial charge in [0.25, 0.3) is 0 Å². The zero-order valence-electron chi connectivity index (χ0n) is 10.5. The van der Waals surface area contributed by atoms with E-state index in [0.29, 0.717) is 18.1 Å². The second kappa shape index (κ2) is 5.24.